The minimum Gasteiger partial charge on any atom is -0.464 e. The molecule has 1 heterocycles. The Kier molecular flexibility index (Phi) is 4.58. The van der Waals surface area contributed by atoms with Crippen molar-refractivity contribution in [3.63, 3.8) is 0 Å². The number of nitrogens with two attached hydrogens (primary N) is 1. The number of hydrogen-bond donors (Lipinski definition) is 1. The standard InChI is InChI=1S/C17H12N2O2/c1-21-17(20)16-11-8-14(12-19-16)5-3-2-4-13-6-9-15(18)10-7-13/h6-12H,18H2,1H3. The molecule has 0 saturated carbocycles. The SMILES string of the molecule is COC(=O)c1ccc(C#CC#Cc2ccc(N)cc2)cn1. The first-order valence-electron chi connectivity index (χ1n) is 6.11. The summed E-state index contributed by atoms with van der Waals surface area (Å²) in [7, 11) is 1.31. The predicted molar refractivity (Wildman–Crippen MR) is 80.2 cm³/mol. The van der Waals surface area contributed by atoms with E-state index in [9.17, 15) is 4.79 Å². The van der Waals surface area contributed by atoms with Crippen molar-refractivity contribution in [2.45, 2.75) is 0 Å². The van der Waals surface area contributed by atoms with Gasteiger partial charge < -0.3 is 10.5 Å². The van der Waals surface area contributed by atoms with Crippen molar-refractivity contribution >= 4 is 11.7 Å². The maximum absolute atomic E-state index is 11.2. The molecule has 2 N–H and O–H groups in total. The van der Waals surface area contributed by atoms with E-state index in [4.69, 9.17) is 5.73 Å². The van der Waals surface area contributed by atoms with Crippen LogP contribution in [0.4, 0.5) is 5.69 Å². The summed E-state index contributed by atoms with van der Waals surface area (Å²) in [5.41, 5.74) is 8.05. The van der Waals surface area contributed by atoms with E-state index in [2.05, 4.69) is 33.4 Å². The smallest absolute Gasteiger partial charge is 0.356 e. The van der Waals surface area contributed by atoms with Gasteiger partial charge in [-0.15, -0.1) is 0 Å². The molecule has 0 atom stereocenters. The van der Waals surface area contributed by atoms with E-state index in [1.54, 1.807) is 24.3 Å². The van der Waals surface area contributed by atoms with E-state index in [1.165, 1.54) is 13.3 Å². The number of nitrogen functional groups attached to an aromatic ring is 1. The Labute approximate surface area is 123 Å². The summed E-state index contributed by atoms with van der Waals surface area (Å²) in [5, 5.41) is 0. The van der Waals surface area contributed by atoms with Gasteiger partial charge in [-0.1, -0.05) is 11.8 Å². The lowest BCUT2D eigenvalue weighted by atomic mass is 10.2. The molecule has 0 amide bonds. The molecule has 102 valence electrons. The van der Waals surface area contributed by atoms with Crippen molar-refractivity contribution in [1.29, 1.82) is 0 Å². The highest BCUT2D eigenvalue weighted by atomic mass is 16.5. The lowest BCUT2D eigenvalue weighted by Crippen LogP contribution is -2.03. The summed E-state index contributed by atoms with van der Waals surface area (Å²) in [6.45, 7) is 0. The number of esters is 1. The molecular formula is C17H12N2O2. The van der Waals surface area contributed by atoms with Crippen molar-refractivity contribution < 1.29 is 9.53 Å². The van der Waals surface area contributed by atoms with E-state index in [0.29, 0.717) is 11.3 Å². The van der Waals surface area contributed by atoms with Crippen LogP contribution >= 0.6 is 0 Å². The normalized spacial score (nSPS) is 8.81. The number of hydrogen-bond acceptors (Lipinski definition) is 4. The minimum atomic E-state index is -0.474. The first-order valence-corrected chi connectivity index (χ1v) is 6.11. The van der Waals surface area contributed by atoms with Gasteiger partial charge in [0.15, 0.2) is 0 Å². The molecule has 0 spiro atoms. The third-order valence-corrected chi connectivity index (χ3v) is 2.54. The lowest BCUT2D eigenvalue weighted by Gasteiger charge is -1.96. The Morgan fingerprint density at radius 1 is 1.05 bits per heavy atom. The fourth-order valence-corrected chi connectivity index (χ4v) is 1.47. The molecule has 0 unspecified atom stereocenters. The zero-order valence-corrected chi connectivity index (χ0v) is 11.4. The second-order valence-corrected chi connectivity index (χ2v) is 4.05. The molecule has 0 aliphatic rings. The fraction of sp³-hybridized carbons (Fsp3) is 0.0588. The number of carbonyl (C=O) groups is 1. The van der Waals surface area contributed by atoms with Crippen LogP contribution < -0.4 is 5.73 Å². The maximum Gasteiger partial charge on any atom is 0.356 e. The number of aromatic nitrogens is 1. The molecule has 0 aliphatic carbocycles. The van der Waals surface area contributed by atoms with Crippen LogP contribution in [-0.2, 0) is 4.74 Å². The zero-order valence-electron chi connectivity index (χ0n) is 11.4. The van der Waals surface area contributed by atoms with Gasteiger partial charge >= 0.3 is 5.97 Å². The summed E-state index contributed by atoms with van der Waals surface area (Å²) < 4.78 is 4.56. The molecule has 0 saturated heterocycles. The molecule has 0 fully saturated rings. The van der Waals surface area contributed by atoms with E-state index < -0.39 is 5.97 Å². The van der Waals surface area contributed by atoms with Crippen molar-refractivity contribution in [2.75, 3.05) is 12.8 Å². The second kappa shape index (κ2) is 6.79. The van der Waals surface area contributed by atoms with E-state index in [1.807, 2.05) is 12.1 Å². The highest BCUT2D eigenvalue weighted by molar-refractivity contribution is 5.87. The highest BCUT2D eigenvalue weighted by Gasteiger charge is 2.04. The predicted octanol–water partition coefficient (Wildman–Crippen LogP) is 1.85. The van der Waals surface area contributed by atoms with Gasteiger partial charge in [-0.2, -0.15) is 0 Å². The topological polar surface area (TPSA) is 65.2 Å². The number of carbonyl (C=O) groups excluding carboxylic acids is 1. The number of pyridine rings is 1. The van der Waals surface area contributed by atoms with Crippen LogP contribution in [0.2, 0.25) is 0 Å². The largest absolute Gasteiger partial charge is 0.464 e. The van der Waals surface area contributed by atoms with Gasteiger partial charge in [-0.05, 0) is 48.2 Å². The maximum atomic E-state index is 11.2. The van der Waals surface area contributed by atoms with Crippen molar-refractivity contribution in [3.05, 3.63) is 59.4 Å². The molecule has 0 aliphatic heterocycles. The molecule has 0 radical (unpaired) electrons. The number of rotatable bonds is 1. The fourth-order valence-electron chi connectivity index (χ4n) is 1.47. The van der Waals surface area contributed by atoms with Crippen LogP contribution in [-0.4, -0.2) is 18.1 Å². The molecule has 2 rings (SSSR count). The molecule has 21 heavy (non-hydrogen) atoms. The summed E-state index contributed by atoms with van der Waals surface area (Å²) in [6, 6.07) is 10.5. The van der Waals surface area contributed by atoms with Gasteiger partial charge in [0.1, 0.15) is 5.69 Å². The molecule has 2 aromatic rings. The van der Waals surface area contributed by atoms with E-state index >= 15 is 0 Å². The summed E-state index contributed by atoms with van der Waals surface area (Å²) in [4.78, 5) is 15.2. The molecule has 1 aromatic heterocycles. The zero-order chi connectivity index (χ0) is 15.1. The summed E-state index contributed by atoms with van der Waals surface area (Å²) in [5.74, 6) is 10.8. The number of anilines is 1. The Balaban J connectivity index is 2.06. The van der Waals surface area contributed by atoms with Crippen LogP contribution in [0.1, 0.15) is 21.6 Å². The summed E-state index contributed by atoms with van der Waals surface area (Å²) in [6.07, 6.45) is 1.50. The highest BCUT2D eigenvalue weighted by Crippen LogP contribution is 2.03. The quantitative estimate of drug-likeness (QED) is 0.490. The van der Waals surface area contributed by atoms with E-state index in [0.717, 1.165) is 5.56 Å². The third-order valence-electron chi connectivity index (χ3n) is 2.54. The Morgan fingerprint density at radius 3 is 2.24 bits per heavy atom. The number of benzene rings is 1. The molecule has 0 bridgehead atoms. The number of nitrogens with zero attached hydrogens (tertiary/aromatic N) is 1. The third kappa shape index (κ3) is 4.12. The van der Waals surface area contributed by atoms with Gasteiger partial charge in [0.25, 0.3) is 0 Å². The molecule has 4 heteroatoms. The Morgan fingerprint density at radius 2 is 1.67 bits per heavy atom. The second-order valence-electron chi connectivity index (χ2n) is 4.05. The van der Waals surface area contributed by atoms with Crippen LogP contribution in [0.5, 0.6) is 0 Å². The van der Waals surface area contributed by atoms with Crippen LogP contribution in [0.25, 0.3) is 0 Å². The first-order chi connectivity index (χ1) is 10.2. The van der Waals surface area contributed by atoms with Crippen molar-refractivity contribution in [3.8, 4) is 23.7 Å². The average molecular weight is 276 g/mol. The molecule has 4 nitrogen and oxygen atoms in total. The van der Waals surface area contributed by atoms with Crippen molar-refractivity contribution in [1.82, 2.24) is 4.98 Å². The van der Waals surface area contributed by atoms with Crippen molar-refractivity contribution in [2.24, 2.45) is 0 Å². The van der Waals surface area contributed by atoms with Crippen LogP contribution in [0.3, 0.4) is 0 Å². The van der Waals surface area contributed by atoms with Gasteiger partial charge in [0.05, 0.1) is 7.11 Å². The van der Waals surface area contributed by atoms with Crippen LogP contribution in [0, 0.1) is 23.7 Å². The number of ether oxygens (including phenoxy) is 1. The molecular weight excluding hydrogens is 264 g/mol. The lowest BCUT2D eigenvalue weighted by molar-refractivity contribution is 0.0594. The molecule has 1 aromatic carbocycles. The van der Waals surface area contributed by atoms with Gasteiger partial charge in [-0.3, -0.25) is 0 Å². The summed E-state index contributed by atoms with van der Waals surface area (Å²) >= 11 is 0. The first kappa shape index (κ1) is 14.2. The van der Waals surface area contributed by atoms with Gasteiger partial charge in [0.2, 0.25) is 0 Å². The Bertz CT molecular complexity index is 755. The minimum absolute atomic E-state index is 0.246. The van der Waals surface area contributed by atoms with Gasteiger partial charge in [0, 0.05) is 23.0 Å². The number of methoxy groups -OCH3 is 1. The Hall–Kier alpha value is -3.24. The van der Waals surface area contributed by atoms with Crippen LogP contribution in [0.15, 0.2) is 42.6 Å². The van der Waals surface area contributed by atoms with E-state index in [-0.39, 0.29) is 5.69 Å². The average Bonchev–Trinajstić information content (AvgIpc) is 2.53. The van der Waals surface area contributed by atoms with Gasteiger partial charge in [-0.25, -0.2) is 9.78 Å². The monoisotopic (exact) mass is 276 g/mol.